The third-order valence-electron chi connectivity index (χ3n) is 1.52. The maximum absolute atomic E-state index is 5.44. The van der Waals surface area contributed by atoms with Crippen molar-refractivity contribution in [2.24, 2.45) is 0 Å². The zero-order valence-electron chi connectivity index (χ0n) is 6.01. The molecule has 0 bridgehead atoms. The highest BCUT2D eigenvalue weighted by Gasteiger charge is 2.12. The molecule has 0 aromatic carbocycles. The molecule has 0 unspecified atom stereocenters. The predicted octanol–water partition coefficient (Wildman–Crippen LogP) is 1.77. The highest BCUT2D eigenvalue weighted by atomic mass is 35.5. The van der Waals surface area contributed by atoms with E-state index in [0.29, 0.717) is 12.5 Å². The quantitative estimate of drug-likeness (QED) is 0.592. The molecule has 60 valence electrons. The van der Waals surface area contributed by atoms with Crippen molar-refractivity contribution in [2.45, 2.75) is 25.6 Å². The Morgan fingerprint density at radius 3 is 3.00 bits per heavy atom. The van der Waals surface area contributed by atoms with Gasteiger partial charge in [0.05, 0.1) is 6.61 Å². The van der Waals surface area contributed by atoms with Gasteiger partial charge in [0.25, 0.3) is 0 Å². The smallest absolute Gasteiger partial charge is 0.157 e. The summed E-state index contributed by atoms with van der Waals surface area (Å²) in [6, 6.07) is 0. The lowest BCUT2D eigenvalue weighted by Gasteiger charge is -2.21. The summed E-state index contributed by atoms with van der Waals surface area (Å²) in [5.41, 5.74) is 0. The van der Waals surface area contributed by atoms with Gasteiger partial charge in [-0.2, -0.15) is 0 Å². The molecular weight excluding hydrogens is 152 g/mol. The largest absolute Gasteiger partial charge is 0.353 e. The van der Waals surface area contributed by atoms with Gasteiger partial charge in [0.15, 0.2) is 6.29 Å². The second kappa shape index (κ2) is 4.94. The molecule has 0 N–H and O–H groups in total. The first kappa shape index (κ1) is 8.31. The zero-order chi connectivity index (χ0) is 7.23. The minimum atomic E-state index is 0.0208. The Balaban J connectivity index is 2.02. The summed E-state index contributed by atoms with van der Waals surface area (Å²) in [7, 11) is 0. The van der Waals surface area contributed by atoms with E-state index in [0.717, 1.165) is 13.0 Å². The number of rotatable bonds is 3. The van der Waals surface area contributed by atoms with Crippen molar-refractivity contribution in [1.29, 1.82) is 0 Å². The van der Waals surface area contributed by atoms with Gasteiger partial charge in [-0.05, 0) is 19.3 Å². The summed E-state index contributed by atoms with van der Waals surface area (Å²) < 4.78 is 10.6. The normalized spacial score (nSPS) is 26.7. The molecule has 0 radical (unpaired) electrons. The molecule has 0 saturated carbocycles. The first-order valence-electron chi connectivity index (χ1n) is 3.72. The minimum absolute atomic E-state index is 0.0208. The van der Waals surface area contributed by atoms with Crippen LogP contribution in [0.3, 0.4) is 0 Å². The van der Waals surface area contributed by atoms with Crippen molar-refractivity contribution in [3.63, 3.8) is 0 Å². The minimum Gasteiger partial charge on any atom is -0.353 e. The molecule has 10 heavy (non-hydrogen) atoms. The number of hydrogen-bond acceptors (Lipinski definition) is 2. The Morgan fingerprint density at radius 2 is 2.40 bits per heavy atom. The molecule has 2 nitrogen and oxygen atoms in total. The van der Waals surface area contributed by atoms with E-state index in [9.17, 15) is 0 Å². The second-order valence-corrected chi connectivity index (χ2v) is 2.73. The Labute approximate surface area is 66.5 Å². The average molecular weight is 165 g/mol. The number of alkyl halides is 1. The monoisotopic (exact) mass is 164 g/mol. The molecule has 1 atom stereocenters. The van der Waals surface area contributed by atoms with Crippen molar-refractivity contribution < 1.29 is 9.47 Å². The van der Waals surface area contributed by atoms with E-state index in [4.69, 9.17) is 21.1 Å². The highest BCUT2D eigenvalue weighted by Crippen LogP contribution is 2.13. The lowest BCUT2D eigenvalue weighted by molar-refractivity contribution is -0.158. The Kier molecular flexibility index (Phi) is 4.10. The Morgan fingerprint density at radius 1 is 1.50 bits per heavy atom. The Hall–Kier alpha value is 0.210. The number of halogens is 1. The van der Waals surface area contributed by atoms with E-state index in [1.54, 1.807) is 0 Å². The fourth-order valence-corrected chi connectivity index (χ4v) is 1.11. The van der Waals surface area contributed by atoms with Gasteiger partial charge in [-0.1, -0.05) is 0 Å². The molecule has 0 aliphatic carbocycles. The van der Waals surface area contributed by atoms with Crippen LogP contribution in [0.2, 0.25) is 0 Å². The summed E-state index contributed by atoms with van der Waals surface area (Å²) in [5.74, 6) is 0.555. The van der Waals surface area contributed by atoms with E-state index >= 15 is 0 Å². The van der Waals surface area contributed by atoms with Crippen LogP contribution < -0.4 is 0 Å². The van der Waals surface area contributed by atoms with Crippen LogP contribution in [0, 0.1) is 0 Å². The van der Waals surface area contributed by atoms with E-state index in [-0.39, 0.29) is 6.29 Å². The van der Waals surface area contributed by atoms with Crippen LogP contribution in [0.5, 0.6) is 0 Å². The van der Waals surface area contributed by atoms with Crippen LogP contribution in [0.15, 0.2) is 0 Å². The van der Waals surface area contributed by atoms with Crippen molar-refractivity contribution >= 4 is 11.6 Å². The topological polar surface area (TPSA) is 18.5 Å². The lowest BCUT2D eigenvalue weighted by atomic mass is 10.2. The molecule has 3 heteroatoms. The highest BCUT2D eigenvalue weighted by molar-refractivity contribution is 6.17. The van der Waals surface area contributed by atoms with Gasteiger partial charge in [-0.25, -0.2) is 0 Å². The molecule has 1 aliphatic heterocycles. The van der Waals surface area contributed by atoms with E-state index in [1.807, 2.05) is 0 Å². The standard InChI is InChI=1S/C7H13ClO2/c8-4-6-10-7-3-1-2-5-9-7/h7H,1-6H2/t7-/m1/s1. The SMILES string of the molecule is ClCCO[C@@H]1CCCCO1. The molecule has 0 spiro atoms. The van der Waals surface area contributed by atoms with E-state index in [2.05, 4.69) is 0 Å². The summed E-state index contributed by atoms with van der Waals surface area (Å²) in [5, 5.41) is 0. The third-order valence-corrected chi connectivity index (χ3v) is 1.67. The van der Waals surface area contributed by atoms with Gasteiger partial charge in [-0.15, -0.1) is 11.6 Å². The van der Waals surface area contributed by atoms with Crippen molar-refractivity contribution in [3.05, 3.63) is 0 Å². The number of hydrogen-bond donors (Lipinski definition) is 0. The molecule has 0 aromatic heterocycles. The lowest BCUT2D eigenvalue weighted by Crippen LogP contribution is -2.22. The van der Waals surface area contributed by atoms with Gasteiger partial charge in [0.2, 0.25) is 0 Å². The molecule has 0 aromatic rings. The first-order valence-corrected chi connectivity index (χ1v) is 4.26. The zero-order valence-corrected chi connectivity index (χ0v) is 6.77. The maximum Gasteiger partial charge on any atom is 0.157 e. The molecule has 1 saturated heterocycles. The predicted molar refractivity (Wildman–Crippen MR) is 40.3 cm³/mol. The maximum atomic E-state index is 5.44. The molecule has 1 rings (SSSR count). The van der Waals surface area contributed by atoms with Crippen LogP contribution in [0.25, 0.3) is 0 Å². The molecule has 1 aliphatic rings. The second-order valence-electron chi connectivity index (χ2n) is 2.36. The van der Waals surface area contributed by atoms with Crippen molar-refractivity contribution in [2.75, 3.05) is 19.1 Å². The van der Waals surface area contributed by atoms with Crippen LogP contribution in [0.1, 0.15) is 19.3 Å². The summed E-state index contributed by atoms with van der Waals surface area (Å²) in [6.45, 7) is 1.44. The van der Waals surface area contributed by atoms with Gasteiger partial charge < -0.3 is 9.47 Å². The summed E-state index contributed by atoms with van der Waals surface area (Å²) >= 11 is 5.44. The molecular formula is C7H13ClO2. The van der Waals surface area contributed by atoms with E-state index in [1.165, 1.54) is 12.8 Å². The third kappa shape index (κ3) is 2.86. The van der Waals surface area contributed by atoms with Gasteiger partial charge >= 0.3 is 0 Å². The van der Waals surface area contributed by atoms with Crippen molar-refractivity contribution in [3.8, 4) is 0 Å². The van der Waals surface area contributed by atoms with Gasteiger partial charge in [-0.3, -0.25) is 0 Å². The number of ether oxygens (including phenoxy) is 2. The van der Waals surface area contributed by atoms with Crippen LogP contribution >= 0.6 is 11.6 Å². The summed E-state index contributed by atoms with van der Waals surface area (Å²) in [6.07, 6.45) is 3.43. The average Bonchev–Trinajstić information content (AvgIpc) is 2.03. The Bertz CT molecular complexity index is 81.7. The fraction of sp³-hybridized carbons (Fsp3) is 1.00. The molecule has 0 amide bonds. The van der Waals surface area contributed by atoms with Crippen LogP contribution in [-0.2, 0) is 9.47 Å². The first-order chi connectivity index (χ1) is 4.93. The van der Waals surface area contributed by atoms with Crippen LogP contribution in [-0.4, -0.2) is 25.4 Å². The molecule has 1 heterocycles. The molecule has 1 fully saturated rings. The van der Waals surface area contributed by atoms with Crippen molar-refractivity contribution in [1.82, 2.24) is 0 Å². The van der Waals surface area contributed by atoms with Gasteiger partial charge in [0, 0.05) is 12.5 Å². The van der Waals surface area contributed by atoms with Crippen LogP contribution in [0.4, 0.5) is 0 Å². The summed E-state index contributed by atoms with van der Waals surface area (Å²) in [4.78, 5) is 0. The fourth-order valence-electron chi connectivity index (χ4n) is 1.02. The van der Waals surface area contributed by atoms with E-state index < -0.39 is 0 Å². The van der Waals surface area contributed by atoms with Gasteiger partial charge in [0.1, 0.15) is 0 Å².